The Balaban J connectivity index is 1.89. The molecule has 0 aliphatic carbocycles. The van der Waals surface area contributed by atoms with Gasteiger partial charge in [0.25, 0.3) is 5.69 Å². The van der Waals surface area contributed by atoms with Crippen molar-refractivity contribution in [3.63, 3.8) is 0 Å². The molecule has 0 radical (unpaired) electrons. The number of piperidine rings is 1. The number of nitro benzene ring substituents is 1. The molecule has 1 aliphatic heterocycles. The number of rotatable bonds is 4. The molecule has 1 fully saturated rings. The van der Waals surface area contributed by atoms with Crippen LogP contribution in [0.15, 0.2) is 22.7 Å². The number of hydrogen-bond acceptors (Lipinski definition) is 5. The summed E-state index contributed by atoms with van der Waals surface area (Å²) in [5.74, 6) is 0.315. The highest BCUT2D eigenvalue weighted by Gasteiger charge is 2.27. The standard InChI is InChI=1S/C17H24BrN3O4/c1-17(2,3)25-16(22)20-8-4-5-12(11-20)10-19-13-6-7-15(21(23)24)14(18)9-13/h6-7,9,12,19H,4-5,8,10-11H2,1-3H3. The molecule has 0 bridgehead atoms. The molecule has 0 spiro atoms. The van der Waals surface area contributed by atoms with Crippen LogP contribution < -0.4 is 5.32 Å². The second kappa shape index (κ2) is 8.03. The monoisotopic (exact) mass is 413 g/mol. The number of anilines is 1. The number of amides is 1. The summed E-state index contributed by atoms with van der Waals surface area (Å²) in [6, 6.07) is 4.87. The van der Waals surface area contributed by atoms with Crippen molar-refractivity contribution in [3.8, 4) is 0 Å². The van der Waals surface area contributed by atoms with Crippen molar-refractivity contribution >= 4 is 33.4 Å². The Hall–Kier alpha value is -1.83. The van der Waals surface area contributed by atoms with E-state index in [0.717, 1.165) is 18.5 Å². The van der Waals surface area contributed by atoms with Gasteiger partial charge in [0.15, 0.2) is 0 Å². The highest BCUT2D eigenvalue weighted by atomic mass is 79.9. The topological polar surface area (TPSA) is 84.7 Å². The highest BCUT2D eigenvalue weighted by Crippen LogP contribution is 2.28. The molecule has 1 aliphatic rings. The van der Waals surface area contributed by atoms with Crippen LogP contribution in [0, 0.1) is 16.0 Å². The lowest BCUT2D eigenvalue weighted by molar-refractivity contribution is -0.385. The van der Waals surface area contributed by atoms with Gasteiger partial charge < -0.3 is 15.0 Å². The molecule has 1 heterocycles. The van der Waals surface area contributed by atoms with E-state index in [4.69, 9.17) is 4.74 Å². The summed E-state index contributed by atoms with van der Waals surface area (Å²) in [6.07, 6.45) is 1.70. The van der Waals surface area contributed by atoms with Crippen LogP contribution in [0.2, 0.25) is 0 Å². The van der Waals surface area contributed by atoms with Crippen LogP contribution in [-0.2, 0) is 4.74 Å². The summed E-state index contributed by atoms with van der Waals surface area (Å²) < 4.78 is 5.88. The lowest BCUT2D eigenvalue weighted by atomic mass is 9.98. The van der Waals surface area contributed by atoms with Gasteiger partial charge in [0, 0.05) is 31.4 Å². The van der Waals surface area contributed by atoms with Crippen molar-refractivity contribution in [1.82, 2.24) is 4.90 Å². The smallest absolute Gasteiger partial charge is 0.410 e. The minimum atomic E-state index is -0.493. The molecular weight excluding hydrogens is 390 g/mol. The molecule has 1 saturated heterocycles. The number of halogens is 1. The molecule has 0 saturated carbocycles. The van der Waals surface area contributed by atoms with Gasteiger partial charge in [-0.05, 0) is 67.6 Å². The van der Waals surface area contributed by atoms with Crippen molar-refractivity contribution < 1.29 is 14.5 Å². The van der Waals surface area contributed by atoms with Gasteiger partial charge >= 0.3 is 6.09 Å². The number of nitro groups is 1. The van der Waals surface area contributed by atoms with Gasteiger partial charge in [0.1, 0.15) is 5.60 Å². The van der Waals surface area contributed by atoms with Crippen LogP contribution in [0.3, 0.4) is 0 Å². The Morgan fingerprint density at radius 3 is 2.80 bits per heavy atom. The maximum absolute atomic E-state index is 12.2. The molecule has 1 N–H and O–H groups in total. The molecule has 1 amide bonds. The van der Waals surface area contributed by atoms with E-state index in [-0.39, 0.29) is 11.8 Å². The van der Waals surface area contributed by atoms with E-state index in [9.17, 15) is 14.9 Å². The number of carbonyl (C=O) groups is 1. The Morgan fingerprint density at radius 2 is 2.20 bits per heavy atom. The third-order valence-corrected chi connectivity index (χ3v) is 4.55. The third kappa shape index (κ3) is 5.88. The average molecular weight is 414 g/mol. The quantitative estimate of drug-likeness (QED) is 0.583. The maximum Gasteiger partial charge on any atom is 0.410 e. The predicted molar refractivity (Wildman–Crippen MR) is 99.8 cm³/mol. The van der Waals surface area contributed by atoms with Crippen LogP contribution in [0.5, 0.6) is 0 Å². The van der Waals surface area contributed by atoms with Crippen molar-refractivity contribution in [2.45, 2.75) is 39.2 Å². The zero-order chi connectivity index (χ0) is 18.6. The van der Waals surface area contributed by atoms with Gasteiger partial charge in [-0.3, -0.25) is 10.1 Å². The van der Waals surface area contributed by atoms with Gasteiger partial charge in [-0.25, -0.2) is 4.79 Å². The lowest BCUT2D eigenvalue weighted by Crippen LogP contribution is -2.44. The van der Waals surface area contributed by atoms with Crippen molar-refractivity contribution in [2.24, 2.45) is 5.92 Å². The molecule has 0 aromatic heterocycles. The Bertz CT molecular complexity index is 645. The number of likely N-dealkylation sites (tertiary alicyclic amines) is 1. The maximum atomic E-state index is 12.2. The SMILES string of the molecule is CC(C)(C)OC(=O)N1CCCC(CNc2ccc([N+](=O)[O-])c(Br)c2)C1. The van der Waals surface area contributed by atoms with Gasteiger partial charge in [-0.1, -0.05) is 0 Å². The first-order valence-corrected chi connectivity index (χ1v) is 9.11. The Labute approximate surface area is 156 Å². The van der Waals surface area contributed by atoms with Gasteiger partial charge in [-0.15, -0.1) is 0 Å². The van der Waals surface area contributed by atoms with Crippen LogP contribution in [-0.4, -0.2) is 41.2 Å². The van der Waals surface area contributed by atoms with Gasteiger partial charge in [-0.2, -0.15) is 0 Å². The van der Waals surface area contributed by atoms with E-state index in [2.05, 4.69) is 21.2 Å². The predicted octanol–water partition coefficient (Wildman–Crippen LogP) is 4.42. The molecule has 25 heavy (non-hydrogen) atoms. The summed E-state index contributed by atoms with van der Waals surface area (Å²) in [4.78, 5) is 24.4. The molecular formula is C17H24BrN3O4. The zero-order valence-electron chi connectivity index (χ0n) is 14.8. The molecule has 2 rings (SSSR count). The summed E-state index contributed by atoms with van der Waals surface area (Å²) in [5, 5.41) is 14.1. The molecule has 1 aromatic carbocycles. The molecule has 7 nitrogen and oxygen atoms in total. The summed E-state index contributed by atoms with van der Waals surface area (Å²) in [5.41, 5.74) is 0.360. The summed E-state index contributed by atoms with van der Waals surface area (Å²) in [6.45, 7) is 7.65. The minimum Gasteiger partial charge on any atom is -0.444 e. The van der Waals surface area contributed by atoms with Crippen LogP contribution in [0.1, 0.15) is 33.6 Å². The highest BCUT2D eigenvalue weighted by molar-refractivity contribution is 9.10. The molecule has 1 unspecified atom stereocenters. The van der Waals surface area contributed by atoms with Gasteiger partial charge in [0.05, 0.1) is 9.40 Å². The fourth-order valence-electron chi connectivity index (χ4n) is 2.75. The average Bonchev–Trinajstić information content (AvgIpc) is 2.51. The Kier molecular flexibility index (Phi) is 6.26. The van der Waals surface area contributed by atoms with Crippen molar-refractivity contribution in [3.05, 3.63) is 32.8 Å². The fraction of sp³-hybridized carbons (Fsp3) is 0.588. The first-order chi connectivity index (χ1) is 11.7. The minimum absolute atomic E-state index is 0.0410. The molecule has 1 atom stereocenters. The number of ether oxygens (including phenoxy) is 1. The number of carbonyl (C=O) groups excluding carboxylic acids is 1. The lowest BCUT2D eigenvalue weighted by Gasteiger charge is -2.34. The van der Waals surface area contributed by atoms with E-state index in [0.29, 0.717) is 30.0 Å². The molecule has 138 valence electrons. The third-order valence-electron chi connectivity index (χ3n) is 3.91. The van der Waals surface area contributed by atoms with E-state index >= 15 is 0 Å². The number of nitrogens with zero attached hydrogens (tertiary/aromatic N) is 2. The van der Waals surface area contributed by atoms with Gasteiger partial charge in [0.2, 0.25) is 0 Å². The van der Waals surface area contributed by atoms with E-state index in [1.54, 1.807) is 17.0 Å². The number of benzene rings is 1. The van der Waals surface area contributed by atoms with Crippen molar-refractivity contribution in [1.29, 1.82) is 0 Å². The second-order valence-corrected chi connectivity index (χ2v) is 8.09. The fourth-order valence-corrected chi connectivity index (χ4v) is 3.27. The second-order valence-electron chi connectivity index (χ2n) is 7.24. The first-order valence-electron chi connectivity index (χ1n) is 8.31. The molecule has 1 aromatic rings. The number of hydrogen-bond donors (Lipinski definition) is 1. The molecule has 8 heteroatoms. The first kappa shape index (κ1) is 19.5. The summed E-state index contributed by atoms with van der Waals surface area (Å²) in [7, 11) is 0. The normalized spacial score (nSPS) is 17.9. The van der Waals surface area contributed by atoms with Crippen LogP contribution in [0.4, 0.5) is 16.2 Å². The largest absolute Gasteiger partial charge is 0.444 e. The summed E-state index contributed by atoms with van der Waals surface area (Å²) >= 11 is 3.22. The van der Waals surface area contributed by atoms with E-state index in [1.807, 2.05) is 20.8 Å². The van der Waals surface area contributed by atoms with E-state index in [1.165, 1.54) is 6.07 Å². The Morgan fingerprint density at radius 1 is 1.48 bits per heavy atom. The number of nitrogens with one attached hydrogen (secondary N) is 1. The van der Waals surface area contributed by atoms with E-state index < -0.39 is 10.5 Å². The van der Waals surface area contributed by atoms with Crippen LogP contribution in [0.25, 0.3) is 0 Å². The van der Waals surface area contributed by atoms with Crippen LogP contribution >= 0.6 is 15.9 Å². The van der Waals surface area contributed by atoms with Crippen molar-refractivity contribution in [2.75, 3.05) is 25.0 Å². The zero-order valence-corrected chi connectivity index (χ0v) is 16.3.